The Morgan fingerprint density at radius 1 is 0.968 bits per heavy atom. The molecule has 1 aliphatic carbocycles. The summed E-state index contributed by atoms with van der Waals surface area (Å²) in [5.74, 6) is 0.661. The van der Waals surface area contributed by atoms with E-state index in [4.69, 9.17) is 5.10 Å². The van der Waals surface area contributed by atoms with Crippen LogP contribution in [0.5, 0.6) is 0 Å². The summed E-state index contributed by atoms with van der Waals surface area (Å²) in [5.41, 5.74) is 4.14. The molecular weight excluding hydrogens is 392 g/mol. The third-order valence-corrected chi connectivity index (χ3v) is 6.51. The van der Waals surface area contributed by atoms with Crippen molar-refractivity contribution >= 4 is 0 Å². The molecule has 0 amide bonds. The minimum Gasteiger partial charge on any atom is -0.299 e. The lowest BCUT2D eigenvalue weighted by atomic mass is 9.95. The van der Waals surface area contributed by atoms with Crippen LogP contribution in [0.3, 0.4) is 0 Å². The van der Waals surface area contributed by atoms with Gasteiger partial charge in [-0.1, -0.05) is 0 Å². The van der Waals surface area contributed by atoms with Gasteiger partial charge >= 0.3 is 0 Å². The van der Waals surface area contributed by atoms with Crippen molar-refractivity contribution < 1.29 is 0 Å². The number of piperazine rings is 1. The molecule has 0 N–H and O–H groups in total. The summed E-state index contributed by atoms with van der Waals surface area (Å²) < 4.78 is 5.32. The first kappa shape index (κ1) is 20.1. The molecule has 9 heteroatoms. The van der Waals surface area contributed by atoms with E-state index in [-0.39, 0.29) is 5.56 Å². The predicted octanol–water partition coefficient (Wildman–Crippen LogP) is 0.859. The van der Waals surface area contributed by atoms with Crippen LogP contribution in [0.1, 0.15) is 29.8 Å². The Morgan fingerprint density at radius 2 is 1.77 bits per heavy atom. The zero-order valence-electron chi connectivity index (χ0n) is 18.2. The van der Waals surface area contributed by atoms with E-state index in [9.17, 15) is 4.79 Å². The van der Waals surface area contributed by atoms with Gasteiger partial charge in [-0.25, -0.2) is 9.36 Å². The summed E-state index contributed by atoms with van der Waals surface area (Å²) in [6.45, 7) is 6.49. The molecule has 2 aliphatic rings. The normalized spacial score (nSPS) is 17.7. The highest BCUT2D eigenvalue weighted by Crippen LogP contribution is 2.24. The van der Waals surface area contributed by atoms with Crippen LogP contribution >= 0.6 is 0 Å². The summed E-state index contributed by atoms with van der Waals surface area (Å²) in [4.78, 5) is 17.2. The van der Waals surface area contributed by atoms with Gasteiger partial charge in [0.25, 0.3) is 5.56 Å². The minimum atomic E-state index is -0.0736. The van der Waals surface area contributed by atoms with Gasteiger partial charge in [-0.2, -0.15) is 10.2 Å². The van der Waals surface area contributed by atoms with E-state index in [0.29, 0.717) is 12.4 Å². The molecule has 0 saturated carbocycles. The number of aryl methyl sites for hydroxylation is 2. The number of rotatable bonds is 6. The molecule has 3 aromatic heterocycles. The van der Waals surface area contributed by atoms with Crippen molar-refractivity contribution in [3.8, 4) is 5.82 Å². The van der Waals surface area contributed by atoms with Crippen molar-refractivity contribution in [2.24, 2.45) is 7.05 Å². The second-order valence-corrected chi connectivity index (χ2v) is 8.52. The van der Waals surface area contributed by atoms with Crippen LogP contribution in [0.15, 0.2) is 35.4 Å². The summed E-state index contributed by atoms with van der Waals surface area (Å²) in [5, 5.41) is 13.4. The van der Waals surface area contributed by atoms with Crippen LogP contribution in [0.4, 0.5) is 0 Å². The lowest BCUT2D eigenvalue weighted by molar-refractivity contribution is 0.120. The quantitative estimate of drug-likeness (QED) is 0.586. The Kier molecular flexibility index (Phi) is 5.69. The molecule has 3 aromatic rings. The van der Waals surface area contributed by atoms with E-state index in [1.165, 1.54) is 36.2 Å². The molecule has 0 atom stereocenters. The highest BCUT2D eigenvalue weighted by molar-refractivity contribution is 5.28. The Balaban J connectivity index is 1.16. The van der Waals surface area contributed by atoms with E-state index in [2.05, 4.69) is 31.7 Å². The Bertz CT molecular complexity index is 1080. The van der Waals surface area contributed by atoms with Crippen LogP contribution in [0, 0.1) is 0 Å². The second kappa shape index (κ2) is 8.76. The molecule has 9 nitrogen and oxygen atoms in total. The van der Waals surface area contributed by atoms with Crippen LogP contribution in [-0.2, 0) is 33.0 Å². The molecule has 164 valence electrons. The highest BCUT2D eigenvalue weighted by atomic mass is 16.1. The van der Waals surface area contributed by atoms with E-state index < -0.39 is 0 Å². The standard InChI is InChI=1S/C22H30N8O/c1-26-20(18-5-2-3-6-19(18)24-26)17-28-13-11-27(12-14-28)15-16-30-22(31)8-7-21(25-30)29-10-4-9-23-29/h4,7-10H,2-3,5-6,11-17H2,1H3. The third-order valence-electron chi connectivity index (χ3n) is 6.51. The first-order chi connectivity index (χ1) is 15.2. The van der Waals surface area contributed by atoms with Gasteiger partial charge in [0.1, 0.15) is 0 Å². The molecule has 0 spiro atoms. The fraction of sp³-hybridized carbons (Fsp3) is 0.545. The average Bonchev–Trinajstić information content (AvgIpc) is 3.43. The van der Waals surface area contributed by atoms with E-state index in [0.717, 1.165) is 45.7 Å². The number of aromatic nitrogens is 6. The maximum Gasteiger partial charge on any atom is 0.266 e. The first-order valence-corrected chi connectivity index (χ1v) is 11.2. The molecule has 1 fully saturated rings. The largest absolute Gasteiger partial charge is 0.299 e. The zero-order chi connectivity index (χ0) is 21.2. The lowest BCUT2D eigenvalue weighted by Gasteiger charge is -2.34. The van der Waals surface area contributed by atoms with Gasteiger partial charge in [0.05, 0.1) is 17.9 Å². The number of hydrogen-bond acceptors (Lipinski definition) is 6. The molecule has 1 aliphatic heterocycles. The average molecular weight is 423 g/mol. The van der Waals surface area contributed by atoms with E-state index in [1.807, 2.05) is 12.3 Å². The fourth-order valence-electron chi connectivity index (χ4n) is 4.69. The summed E-state index contributed by atoms with van der Waals surface area (Å²) >= 11 is 0. The van der Waals surface area contributed by atoms with Crippen molar-refractivity contribution in [1.82, 2.24) is 39.1 Å². The number of fused-ring (bicyclic) bond motifs is 1. The molecule has 0 radical (unpaired) electrons. The molecule has 0 aromatic carbocycles. The van der Waals surface area contributed by atoms with Gasteiger partial charge in [-0.3, -0.25) is 19.3 Å². The van der Waals surface area contributed by atoms with Gasteiger partial charge in [-0.05, 0) is 43.4 Å². The Labute approximate surface area is 181 Å². The van der Waals surface area contributed by atoms with Crippen molar-refractivity contribution in [2.45, 2.75) is 38.8 Å². The molecule has 4 heterocycles. The monoisotopic (exact) mass is 422 g/mol. The van der Waals surface area contributed by atoms with Gasteiger partial charge in [0.2, 0.25) is 0 Å². The van der Waals surface area contributed by atoms with E-state index in [1.54, 1.807) is 27.7 Å². The van der Waals surface area contributed by atoms with Crippen LogP contribution in [-0.4, -0.2) is 71.9 Å². The van der Waals surface area contributed by atoms with Crippen LogP contribution in [0.2, 0.25) is 0 Å². The van der Waals surface area contributed by atoms with Crippen molar-refractivity contribution in [3.63, 3.8) is 0 Å². The molecular formula is C22H30N8O. The Hall–Kier alpha value is -2.78. The van der Waals surface area contributed by atoms with E-state index >= 15 is 0 Å². The van der Waals surface area contributed by atoms with Crippen LogP contribution < -0.4 is 5.56 Å². The van der Waals surface area contributed by atoms with Gasteiger partial charge in [0.15, 0.2) is 5.82 Å². The topological polar surface area (TPSA) is 77.0 Å². The van der Waals surface area contributed by atoms with Gasteiger partial charge < -0.3 is 0 Å². The smallest absolute Gasteiger partial charge is 0.266 e. The Morgan fingerprint density at radius 3 is 2.58 bits per heavy atom. The third kappa shape index (κ3) is 4.33. The maximum absolute atomic E-state index is 12.2. The van der Waals surface area contributed by atoms with Crippen LogP contribution in [0.25, 0.3) is 5.82 Å². The second-order valence-electron chi connectivity index (χ2n) is 8.52. The maximum atomic E-state index is 12.2. The molecule has 1 saturated heterocycles. The van der Waals surface area contributed by atoms with Gasteiger partial charge in [-0.15, -0.1) is 5.10 Å². The fourth-order valence-corrected chi connectivity index (χ4v) is 4.69. The minimum absolute atomic E-state index is 0.0736. The summed E-state index contributed by atoms with van der Waals surface area (Å²) in [6.07, 6.45) is 8.40. The SMILES string of the molecule is Cn1nc2c(c1CN1CCN(CCn3nc(-n4cccn4)ccc3=O)CC1)CCCC2. The van der Waals surface area contributed by atoms with Gasteiger partial charge in [0, 0.05) is 64.8 Å². The zero-order valence-corrected chi connectivity index (χ0v) is 18.2. The summed E-state index contributed by atoms with van der Waals surface area (Å²) in [7, 11) is 2.09. The van der Waals surface area contributed by atoms with Crippen molar-refractivity contribution in [3.05, 3.63) is 57.9 Å². The number of nitrogens with zero attached hydrogens (tertiary/aromatic N) is 8. The molecule has 0 bridgehead atoms. The van der Waals surface area contributed by atoms with Crippen molar-refractivity contribution in [2.75, 3.05) is 32.7 Å². The molecule has 0 unspecified atom stereocenters. The number of hydrogen-bond donors (Lipinski definition) is 0. The van der Waals surface area contributed by atoms with Crippen molar-refractivity contribution in [1.29, 1.82) is 0 Å². The molecule has 5 rings (SSSR count). The predicted molar refractivity (Wildman–Crippen MR) is 117 cm³/mol. The first-order valence-electron chi connectivity index (χ1n) is 11.2. The lowest BCUT2D eigenvalue weighted by Crippen LogP contribution is -2.47. The highest BCUT2D eigenvalue weighted by Gasteiger charge is 2.23. The molecule has 31 heavy (non-hydrogen) atoms. The summed E-state index contributed by atoms with van der Waals surface area (Å²) in [6, 6.07) is 5.12.